The number of aromatic nitrogens is 3. The maximum atomic E-state index is 14.0. The highest BCUT2D eigenvalue weighted by molar-refractivity contribution is 5.93. The van der Waals surface area contributed by atoms with E-state index in [4.69, 9.17) is 10.5 Å². The Morgan fingerprint density at radius 1 is 1.40 bits per heavy atom. The van der Waals surface area contributed by atoms with E-state index >= 15 is 0 Å². The number of rotatable bonds is 8. The number of piperidine rings is 1. The summed E-state index contributed by atoms with van der Waals surface area (Å²) in [4.78, 5) is 26.4. The Labute approximate surface area is 203 Å². The van der Waals surface area contributed by atoms with Crippen LogP contribution in [0.25, 0.3) is 11.4 Å². The van der Waals surface area contributed by atoms with Crippen molar-refractivity contribution in [3.05, 3.63) is 59.3 Å². The molecule has 3 aromatic rings. The number of carbonyl (C=O) groups excluding carboxylic acids is 1. The minimum atomic E-state index is -0.350. The van der Waals surface area contributed by atoms with E-state index in [0.29, 0.717) is 30.5 Å². The molecule has 4 N–H and O–H groups in total. The zero-order valence-corrected chi connectivity index (χ0v) is 19.6. The van der Waals surface area contributed by atoms with E-state index in [1.54, 1.807) is 19.2 Å². The van der Waals surface area contributed by atoms with Crippen molar-refractivity contribution in [2.24, 2.45) is 5.92 Å². The van der Waals surface area contributed by atoms with Gasteiger partial charge in [-0.2, -0.15) is 5.26 Å². The van der Waals surface area contributed by atoms with Crippen molar-refractivity contribution in [3.8, 4) is 23.3 Å². The molecule has 0 unspecified atom stereocenters. The number of likely N-dealkylation sites (tertiary alicyclic amines) is 1. The van der Waals surface area contributed by atoms with Gasteiger partial charge in [0.25, 0.3) is 5.91 Å². The van der Waals surface area contributed by atoms with Crippen LogP contribution in [-0.2, 0) is 6.54 Å². The zero-order chi connectivity index (χ0) is 24.8. The van der Waals surface area contributed by atoms with Crippen LogP contribution in [0.1, 0.15) is 41.4 Å². The van der Waals surface area contributed by atoms with Crippen molar-refractivity contribution >= 4 is 11.6 Å². The summed E-state index contributed by atoms with van der Waals surface area (Å²) in [7, 11) is 0. The molecule has 1 aliphatic rings. The Hall–Kier alpha value is -3.97. The number of hydrogen-bond donors (Lipinski definition) is 3. The van der Waals surface area contributed by atoms with Crippen molar-refractivity contribution in [2.45, 2.75) is 26.3 Å². The van der Waals surface area contributed by atoms with Gasteiger partial charge < -0.3 is 20.8 Å². The van der Waals surface area contributed by atoms with E-state index in [0.717, 1.165) is 38.0 Å². The molecule has 3 aromatic heterocycles. The molecule has 35 heavy (non-hydrogen) atoms. The Morgan fingerprint density at radius 3 is 2.91 bits per heavy atom. The van der Waals surface area contributed by atoms with Crippen LogP contribution in [0.2, 0.25) is 0 Å². The lowest BCUT2D eigenvalue weighted by atomic mass is 9.96. The fourth-order valence-corrected chi connectivity index (χ4v) is 4.20. The molecule has 0 bridgehead atoms. The molecule has 1 amide bonds. The molecule has 0 saturated carbocycles. The van der Waals surface area contributed by atoms with Gasteiger partial charge in [-0.1, -0.05) is 0 Å². The van der Waals surface area contributed by atoms with Gasteiger partial charge in [0.1, 0.15) is 23.0 Å². The van der Waals surface area contributed by atoms with Crippen LogP contribution in [-0.4, -0.2) is 52.0 Å². The number of amides is 1. The van der Waals surface area contributed by atoms with Gasteiger partial charge in [0.2, 0.25) is 5.88 Å². The largest absolute Gasteiger partial charge is 0.477 e. The van der Waals surface area contributed by atoms with Crippen LogP contribution in [0.4, 0.5) is 10.1 Å². The average molecular weight is 478 g/mol. The van der Waals surface area contributed by atoms with Crippen LogP contribution in [0, 0.1) is 23.1 Å². The highest BCUT2D eigenvalue weighted by Gasteiger charge is 2.22. The van der Waals surface area contributed by atoms with Crippen LogP contribution in [0.15, 0.2) is 36.7 Å². The topological polar surface area (TPSA) is 133 Å². The molecular weight excluding hydrogens is 449 g/mol. The normalized spacial score (nSPS) is 14.4. The first kappa shape index (κ1) is 24.2. The molecule has 1 aliphatic heterocycles. The maximum Gasteiger partial charge on any atom is 0.270 e. The number of nitriles is 1. The van der Waals surface area contributed by atoms with Gasteiger partial charge in [-0.05, 0) is 68.6 Å². The van der Waals surface area contributed by atoms with Gasteiger partial charge in [0.15, 0.2) is 5.82 Å². The van der Waals surface area contributed by atoms with Crippen molar-refractivity contribution in [1.82, 2.24) is 25.2 Å². The average Bonchev–Trinajstić information content (AvgIpc) is 3.32. The third-order valence-corrected chi connectivity index (χ3v) is 6.06. The number of nitrogens with zero attached hydrogens (tertiary/aromatic N) is 4. The number of nitrogens with one attached hydrogen (secondary N) is 2. The summed E-state index contributed by atoms with van der Waals surface area (Å²) in [6.45, 7) is 5.18. The third-order valence-electron chi connectivity index (χ3n) is 6.06. The van der Waals surface area contributed by atoms with Gasteiger partial charge in [0.05, 0.1) is 18.0 Å². The number of nitrogens with two attached hydrogens (primary N) is 1. The second kappa shape index (κ2) is 11.0. The second-order valence-electron chi connectivity index (χ2n) is 8.51. The summed E-state index contributed by atoms with van der Waals surface area (Å²) in [6.07, 6.45) is 5.36. The van der Waals surface area contributed by atoms with Crippen LogP contribution in [0.5, 0.6) is 5.88 Å². The molecular formula is C25H28FN7O2. The van der Waals surface area contributed by atoms with Crippen LogP contribution < -0.4 is 15.8 Å². The number of anilines is 1. The molecule has 0 spiro atoms. The first-order valence-corrected chi connectivity index (χ1v) is 11.6. The summed E-state index contributed by atoms with van der Waals surface area (Å²) in [5, 5.41) is 12.2. The molecule has 182 valence electrons. The number of halogens is 1. The first-order valence-electron chi connectivity index (χ1n) is 11.6. The van der Waals surface area contributed by atoms with E-state index in [2.05, 4.69) is 25.2 Å². The first-order chi connectivity index (χ1) is 17.0. The number of hydrogen-bond acceptors (Lipinski definition) is 7. The van der Waals surface area contributed by atoms with Crippen molar-refractivity contribution < 1.29 is 13.9 Å². The zero-order valence-electron chi connectivity index (χ0n) is 19.6. The standard InChI is InChI=1S/C25H28FN7O2/c1-2-35-25-18(12-27)20(28)11-22(32-25)24(34)31-13-16-5-8-33(9-6-16)15-17-10-21(30-14-17)23-19(26)4-3-7-29-23/h3-4,7,10-11,14,16,30H,2,5-6,8-9,13,15H2,1H3,(H2,28,32)(H,31,34). The van der Waals surface area contributed by atoms with Gasteiger partial charge in [0, 0.05) is 25.5 Å². The molecule has 4 rings (SSSR count). The number of nitrogen functional groups attached to an aromatic ring is 1. The van der Waals surface area contributed by atoms with E-state index in [9.17, 15) is 14.4 Å². The lowest BCUT2D eigenvalue weighted by Gasteiger charge is -2.31. The van der Waals surface area contributed by atoms with E-state index in [1.807, 2.05) is 18.3 Å². The van der Waals surface area contributed by atoms with Crippen molar-refractivity contribution in [1.29, 1.82) is 5.26 Å². The molecule has 0 aliphatic carbocycles. The minimum Gasteiger partial charge on any atom is -0.477 e. The maximum absolute atomic E-state index is 14.0. The lowest BCUT2D eigenvalue weighted by molar-refractivity contribution is 0.0929. The van der Waals surface area contributed by atoms with E-state index < -0.39 is 0 Å². The Bertz CT molecular complexity index is 1230. The van der Waals surface area contributed by atoms with Gasteiger partial charge in [-0.25, -0.2) is 9.37 Å². The smallest absolute Gasteiger partial charge is 0.270 e. The van der Waals surface area contributed by atoms with E-state index in [-0.39, 0.29) is 34.5 Å². The van der Waals surface area contributed by atoms with Gasteiger partial charge in [-0.3, -0.25) is 14.7 Å². The fourth-order valence-electron chi connectivity index (χ4n) is 4.20. The minimum absolute atomic E-state index is 0.0761. The molecule has 10 heteroatoms. The Morgan fingerprint density at radius 2 is 2.20 bits per heavy atom. The summed E-state index contributed by atoms with van der Waals surface area (Å²) in [5.74, 6) is -0.267. The summed E-state index contributed by atoms with van der Waals surface area (Å²) < 4.78 is 19.3. The summed E-state index contributed by atoms with van der Waals surface area (Å²) in [6, 6.07) is 8.27. The molecule has 4 heterocycles. The molecule has 0 aromatic carbocycles. The molecule has 0 atom stereocenters. The van der Waals surface area contributed by atoms with Crippen molar-refractivity contribution in [2.75, 3.05) is 32.0 Å². The Balaban J connectivity index is 1.27. The van der Waals surface area contributed by atoms with E-state index in [1.165, 1.54) is 12.1 Å². The highest BCUT2D eigenvalue weighted by Crippen LogP contribution is 2.24. The number of carbonyl (C=O) groups is 1. The molecule has 1 saturated heterocycles. The predicted octanol–water partition coefficient (Wildman–Crippen LogP) is 3.11. The highest BCUT2D eigenvalue weighted by atomic mass is 19.1. The predicted molar refractivity (Wildman–Crippen MR) is 129 cm³/mol. The Kier molecular flexibility index (Phi) is 7.57. The molecule has 9 nitrogen and oxygen atoms in total. The van der Waals surface area contributed by atoms with Gasteiger partial charge >= 0.3 is 0 Å². The number of ether oxygens (including phenoxy) is 1. The quantitative estimate of drug-likeness (QED) is 0.454. The summed E-state index contributed by atoms with van der Waals surface area (Å²) >= 11 is 0. The number of pyridine rings is 2. The lowest BCUT2D eigenvalue weighted by Crippen LogP contribution is -2.38. The second-order valence-corrected chi connectivity index (χ2v) is 8.51. The SMILES string of the molecule is CCOc1nc(C(=O)NCC2CCN(Cc3c[nH]c(-c4ncccc4F)c3)CC2)cc(N)c1C#N. The van der Waals surface area contributed by atoms with Crippen molar-refractivity contribution in [3.63, 3.8) is 0 Å². The number of aromatic amines is 1. The third kappa shape index (κ3) is 5.75. The number of H-pyrrole nitrogens is 1. The molecule has 1 fully saturated rings. The van der Waals surface area contributed by atoms with Crippen LogP contribution in [0.3, 0.4) is 0 Å². The molecule has 0 radical (unpaired) electrons. The van der Waals surface area contributed by atoms with Gasteiger partial charge in [-0.15, -0.1) is 0 Å². The summed E-state index contributed by atoms with van der Waals surface area (Å²) in [5.41, 5.74) is 8.41. The van der Waals surface area contributed by atoms with Crippen LogP contribution >= 0.6 is 0 Å². The fraction of sp³-hybridized carbons (Fsp3) is 0.360. The monoisotopic (exact) mass is 477 g/mol.